The highest BCUT2D eigenvalue weighted by atomic mass is 35.5. The van der Waals surface area contributed by atoms with Gasteiger partial charge in [-0.2, -0.15) is 4.98 Å². The van der Waals surface area contributed by atoms with E-state index >= 15 is 0 Å². The number of aromatic nitrogens is 2. The maximum atomic E-state index is 12.0. The Morgan fingerprint density at radius 3 is 2.60 bits per heavy atom. The largest absolute Gasteiger partial charge is 0.347 e. The van der Waals surface area contributed by atoms with Gasteiger partial charge >= 0.3 is 0 Å². The first-order valence-electron chi connectivity index (χ1n) is 8.14. The summed E-state index contributed by atoms with van der Waals surface area (Å²) in [5.41, 5.74) is 0.849. The molecule has 7 nitrogen and oxygen atoms in total. The Hall–Kier alpha value is -2.41. The van der Waals surface area contributed by atoms with Crippen molar-refractivity contribution >= 4 is 23.4 Å². The van der Waals surface area contributed by atoms with Crippen molar-refractivity contribution in [2.75, 3.05) is 19.6 Å². The lowest BCUT2D eigenvalue weighted by Crippen LogP contribution is -2.43. The van der Waals surface area contributed by atoms with Crippen LogP contribution in [0.1, 0.15) is 31.6 Å². The molecule has 3 rings (SSSR count). The minimum Gasteiger partial charge on any atom is -0.347 e. The number of nitrogens with one attached hydrogen (secondary N) is 1. The molecule has 2 amide bonds. The van der Waals surface area contributed by atoms with E-state index in [1.807, 2.05) is 12.1 Å². The van der Waals surface area contributed by atoms with Crippen LogP contribution in [0.25, 0.3) is 11.4 Å². The summed E-state index contributed by atoms with van der Waals surface area (Å²) in [6, 6.07) is 7.26. The Labute approximate surface area is 150 Å². The number of likely N-dealkylation sites (tertiary alicyclic amines) is 1. The van der Waals surface area contributed by atoms with Crippen molar-refractivity contribution in [2.24, 2.45) is 0 Å². The first-order valence-corrected chi connectivity index (χ1v) is 8.52. The van der Waals surface area contributed by atoms with E-state index in [1.54, 1.807) is 17.0 Å². The molecule has 1 aliphatic rings. The Balaban J connectivity index is 1.57. The number of rotatable bonds is 4. The van der Waals surface area contributed by atoms with Crippen molar-refractivity contribution in [1.82, 2.24) is 20.4 Å². The molecule has 0 bridgehead atoms. The number of halogens is 1. The van der Waals surface area contributed by atoms with Crippen LogP contribution in [0.15, 0.2) is 28.8 Å². The van der Waals surface area contributed by atoms with Gasteiger partial charge in [0.15, 0.2) is 0 Å². The van der Waals surface area contributed by atoms with Gasteiger partial charge < -0.3 is 14.7 Å². The van der Waals surface area contributed by atoms with E-state index in [9.17, 15) is 9.59 Å². The lowest BCUT2D eigenvalue weighted by molar-refractivity contribution is -0.133. The van der Waals surface area contributed by atoms with Gasteiger partial charge in [0.1, 0.15) is 0 Å². The Morgan fingerprint density at radius 2 is 1.96 bits per heavy atom. The fourth-order valence-corrected chi connectivity index (χ4v) is 2.93. The third kappa shape index (κ3) is 4.36. The zero-order chi connectivity index (χ0) is 17.8. The molecule has 1 aromatic heterocycles. The maximum Gasteiger partial charge on any atom is 0.241 e. The molecule has 2 heterocycles. The third-order valence-corrected chi connectivity index (χ3v) is 4.48. The highest BCUT2D eigenvalue weighted by Gasteiger charge is 2.27. The van der Waals surface area contributed by atoms with Crippen LogP contribution in [0, 0.1) is 0 Å². The lowest BCUT2D eigenvalue weighted by Gasteiger charge is -2.30. The van der Waals surface area contributed by atoms with Crippen LogP contribution in [0.4, 0.5) is 0 Å². The van der Waals surface area contributed by atoms with Crippen molar-refractivity contribution in [3.05, 3.63) is 35.2 Å². The zero-order valence-corrected chi connectivity index (χ0v) is 14.6. The van der Waals surface area contributed by atoms with Crippen LogP contribution in [0.2, 0.25) is 5.02 Å². The summed E-state index contributed by atoms with van der Waals surface area (Å²) < 4.78 is 5.41. The first-order chi connectivity index (χ1) is 12.0. The topological polar surface area (TPSA) is 88.3 Å². The predicted octanol–water partition coefficient (Wildman–Crippen LogP) is 2.23. The molecule has 2 aromatic rings. The van der Waals surface area contributed by atoms with Crippen LogP contribution >= 0.6 is 11.6 Å². The smallest absolute Gasteiger partial charge is 0.241 e. The quantitative estimate of drug-likeness (QED) is 0.901. The van der Waals surface area contributed by atoms with Gasteiger partial charge in [0.2, 0.25) is 23.5 Å². The van der Waals surface area contributed by atoms with Crippen LogP contribution < -0.4 is 5.32 Å². The number of nitrogens with zero attached hydrogens (tertiary/aromatic N) is 3. The highest BCUT2D eigenvalue weighted by Crippen LogP contribution is 2.28. The summed E-state index contributed by atoms with van der Waals surface area (Å²) >= 11 is 5.89. The average molecular weight is 363 g/mol. The molecule has 8 heteroatoms. The van der Waals surface area contributed by atoms with Gasteiger partial charge in [-0.15, -0.1) is 0 Å². The minimum absolute atomic E-state index is 0.0429. The fourth-order valence-electron chi connectivity index (χ4n) is 2.80. The molecule has 0 spiro atoms. The minimum atomic E-state index is -0.205. The highest BCUT2D eigenvalue weighted by molar-refractivity contribution is 6.30. The summed E-state index contributed by atoms with van der Waals surface area (Å²) in [5, 5.41) is 7.22. The van der Waals surface area contributed by atoms with E-state index in [2.05, 4.69) is 15.5 Å². The van der Waals surface area contributed by atoms with Crippen LogP contribution in [-0.4, -0.2) is 46.5 Å². The van der Waals surface area contributed by atoms with Crippen molar-refractivity contribution in [3.63, 3.8) is 0 Å². The molecular weight excluding hydrogens is 344 g/mol. The van der Waals surface area contributed by atoms with Crippen molar-refractivity contribution in [3.8, 4) is 11.4 Å². The average Bonchev–Trinajstić information content (AvgIpc) is 3.10. The molecule has 0 atom stereocenters. The van der Waals surface area contributed by atoms with Crippen LogP contribution in [-0.2, 0) is 9.59 Å². The first kappa shape index (κ1) is 17.4. The molecule has 1 fully saturated rings. The van der Waals surface area contributed by atoms with E-state index < -0.39 is 0 Å². The van der Waals surface area contributed by atoms with Gasteiger partial charge in [-0.05, 0) is 37.1 Å². The molecule has 1 aliphatic heterocycles. The molecule has 0 unspecified atom stereocenters. The van der Waals surface area contributed by atoms with E-state index in [4.69, 9.17) is 16.1 Å². The van der Waals surface area contributed by atoms with Crippen molar-refractivity contribution < 1.29 is 14.1 Å². The summed E-state index contributed by atoms with van der Waals surface area (Å²) in [7, 11) is 0. The standard InChI is InChI=1S/C17H19ClN4O3/c1-11(23)19-10-15(24)22-8-6-13(7-9-22)17-20-16(21-25-17)12-2-4-14(18)5-3-12/h2-5,13H,6-10H2,1H3,(H,19,23). The number of carbonyl (C=O) groups excluding carboxylic acids is 2. The number of carbonyl (C=O) groups is 2. The van der Waals surface area contributed by atoms with Crippen LogP contribution in [0.5, 0.6) is 0 Å². The SMILES string of the molecule is CC(=O)NCC(=O)N1CCC(c2nc(-c3ccc(Cl)cc3)no2)CC1. The van der Waals surface area contributed by atoms with Gasteiger partial charge in [0.05, 0.1) is 6.54 Å². The maximum absolute atomic E-state index is 12.0. The molecule has 1 saturated heterocycles. The second-order valence-electron chi connectivity index (χ2n) is 6.03. The number of hydrogen-bond donors (Lipinski definition) is 1. The summed E-state index contributed by atoms with van der Waals surface area (Å²) in [4.78, 5) is 29.1. The molecule has 25 heavy (non-hydrogen) atoms. The number of amides is 2. The van der Waals surface area contributed by atoms with Gasteiger partial charge in [-0.1, -0.05) is 16.8 Å². The fraction of sp³-hybridized carbons (Fsp3) is 0.412. The second kappa shape index (κ2) is 7.65. The van der Waals surface area contributed by atoms with E-state index in [1.165, 1.54) is 6.92 Å². The number of hydrogen-bond acceptors (Lipinski definition) is 5. The van der Waals surface area contributed by atoms with E-state index in [0.717, 1.165) is 18.4 Å². The third-order valence-electron chi connectivity index (χ3n) is 4.23. The number of piperidine rings is 1. The van der Waals surface area contributed by atoms with E-state index in [0.29, 0.717) is 29.8 Å². The summed E-state index contributed by atoms with van der Waals surface area (Å²) in [6.45, 7) is 2.66. The lowest BCUT2D eigenvalue weighted by atomic mass is 9.96. The van der Waals surface area contributed by atoms with Gasteiger partial charge in [0, 0.05) is 36.5 Å². The molecule has 1 N–H and O–H groups in total. The molecule has 0 radical (unpaired) electrons. The van der Waals surface area contributed by atoms with Gasteiger partial charge in [0.25, 0.3) is 0 Å². The van der Waals surface area contributed by atoms with Crippen molar-refractivity contribution in [1.29, 1.82) is 0 Å². The monoisotopic (exact) mass is 362 g/mol. The van der Waals surface area contributed by atoms with Crippen LogP contribution in [0.3, 0.4) is 0 Å². The van der Waals surface area contributed by atoms with Gasteiger partial charge in [-0.3, -0.25) is 9.59 Å². The predicted molar refractivity (Wildman–Crippen MR) is 92.0 cm³/mol. The molecule has 1 aromatic carbocycles. The summed E-state index contributed by atoms with van der Waals surface area (Å²) in [5.74, 6) is 0.998. The molecule has 0 aliphatic carbocycles. The molecule has 0 saturated carbocycles. The Morgan fingerprint density at radius 1 is 1.28 bits per heavy atom. The normalized spacial score (nSPS) is 15.2. The molecular formula is C17H19ClN4O3. The zero-order valence-electron chi connectivity index (χ0n) is 13.9. The van der Waals surface area contributed by atoms with Crippen molar-refractivity contribution in [2.45, 2.75) is 25.7 Å². The summed E-state index contributed by atoms with van der Waals surface area (Å²) in [6.07, 6.45) is 1.52. The second-order valence-corrected chi connectivity index (χ2v) is 6.46. The van der Waals surface area contributed by atoms with Gasteiger partial charge in [-0.25, -0.2) is 0 Å². The Bertz CT molecular complexity index is 752. The Kier molecular flexibility index (Phi) is 5.33. The van der Waals surface area contributed by atoms with E-state index in [-0.39, 0.29) is 24.3 Å². The number of benzene rings is 1. The molecule has 132 valence electrons.